The van der Waals surface area contributed by atoms with Crippen molar-refractivity contribution in [3.8, 4) is 0 Å². The highest BCUT2D eigenvalue weighted by Crippen LogP contribution is 2.34. The number of aromatic nitrogens is 2. The predicted octanol–water partition coefficient (Wildman–Crippen LogP) is 2.53. The van der Waals surface area contributed by atoms with Gasteiger partial charge in [0.15, 0.2) is 0 Å². The Morgan fingerprint density at radius 2 is 2.25 bits per heavy atom. The number of hydrogen-bond donors (Lipinski definition) is 1. The normalized spacial score (nSPS) is 17.8. The Balaban J connectivity index is 2.06. The highest BCUT2D eigenvalue weighted by atomic mass is 35.5. The maximum Gasteiger partial charge on any atom is 0.0847 e. The largest absolute Gasteiger partial charge is 0.327 e. The third-order valence-corrected chi connectivity index (χ3v) is 3.73. The SMILES string of the molecule is CCn1nc(C)c(Cl)c1CC(N)CC1CC1. The van der Waals surface area contributed by atoms with Gasteiger partial charge >= 0.3 is 0 Å². The quantitative estimate of drug-likeness (QED) is 0.861. The topological polar surface area (TPSA) is 43.8 Å². The Morgan fingerprint density at radius 1 is 1.56 bits per heavy atom. The molecule has 1 unspecified atom stereocenters. The van der Waals surface area contributed by atoms with E-state index in [2.05, 4.69) is 12.0 Å². The van der Waals surface area contributed by atoms with Crippen molar-refractivity contribution in [2.24, 2.45) is 11.7 Å². The Labute approximate surface area is 102 Å². The third kappa shape index (κ3) is 2.58. The zero-order valence-electron chi connectivity index (χ0n) is 10.0. The van der Waals surface area contributed by atoms with Gasteiger partial charge in [0.1, 0.15) is 0 Å². The van der Waals surface area contributed by atoms with E-state index in [1.54, 1.807) is 0 Å². The molecular formula is C12H20ClN3. The molecule has 0 radical (unpaired) electrons. The van der Waals surface area contributed by atoms with Crippen LogP contribution in [-0.4, -0.2) is 15.8 Å². The number of hydrogen-bond acceptors (Lipinski definition) is 2. The Hall–Kier alpha value is -0.540. The van der Waals surface area contributed by atoms with Crippen LogP contribution in [0.2, 0.25) is 5.02 Å². The van der Waals surface area contributed by atoms with Crippen LogP contribution in [-0.2, 0) is 13.0 Å². The minimum absolute atomic E-state index is 0.228. The first-order chi connectivity index (χ1) is 7.61. The molecule has 4 heteroatoms. The lowest BCUT2D eigenvalue weighted by Crippen LogP contribution is -2.25. The second-order valence-electron chi connectivity index (χ2n) is 4.81. The molecule has 1 atom stereocenters. The molecule has 1 aromatic rings. The summed E-state index contributed by atoms with van der Waals surface area (Å²) in [7, 11) is 0. The van der Waals surface area contributed by atoms with Gasteiger partial charge in [-0.05, 0) is 26.2 Å². The lowest BCUT2D eigenvalue weighted by atomic mass is 10.1. The van der Waals surface area contributed by atoms with Gasteiger partial charge in [-0.15, -0.1) is 0 Å². The van der Waals surface area contributed by atoms with E-state index in [1.165, 1.54) is 12.8 Å². The lowest BCUT2D eigenvalue weighted by Gasteiger charge is -2.12. The molecule has 2 rings (SSSR count). The predicted molar refractivity (Wildman–Crippen MR) is 66.7 cm³/mol. The van der Waals surface area contributed by atoms with Gasteiger partial charge in [0.2, 0.25) is 0 Å². The van der Waals surface area contributed by atoms with E-state index in [9.17, 15) is 0 Å². The molecule has 0 spiro atoms. The number of nitrogens with two attached hydrogens (primary N) is 1. The van der Waals surface area contributed by atoms with Crippen molar-refractivity contribution in [1.82, 2.24) is 9.78 Å². The average molecular weight is 242 g/mol. The monoisotopic (exact) mass is 241 g/mol. The average Bonchev–Trinajstić information content (AvgIpc) is 3.01. The minimum atomic E-state index is 0.228. The van der Waals surface area contributed by atoms with Crippen molar-refractivity contribution in [2.45, 2.75) is 52.1 Å². The number of halogens is 1. The summed E-state index contributed by atoms with van der Waals surface area (Å²) >= 11 is 6.25. The summed E-state index contributed by atoms with van der Waals surface area (Å²) in [6.07, 6.45) is 4.69. The van der Waals surface area contributed by atoms with Gasteiger partial charge in [0, 0.05) is 19.0 Å². The maximum atomic E-state index is 6.25. The van der Waals surface area contributed by atoms with Crippen molar-refractivity contribution in [3.05, 3.63) is 16.4 Å². The summed E-state index contributed by atoms with van der Waals surface area (Å²) in [5.74, 6) is 0.868. The molecule has 90 valence electrons. The highest BCUT2D eigenvalue weighted by molar-refractivity contribution is 6.31. The van der Waals surface area contributed by atoms with E-state index in [4.69, 9.17) is 17.3 Å². The second kappa shape index (κ2) is 4.76. The molecule has 0 aliphatic heterocycles. The smallest absolute Gasteiger partial charge is 0.0847 e. The Morgan fingerprint density at radius 3 is 2.81 bits per heavy atom. The van der Waals surface area contributed by atoms with E-state index in [-0.39, 0.29) is 6.04 Å². The van der Waals surface area contributed by atoms with Gasteiger partial charge in [0.25, 0.3) is 0 Å². The molecule has 16 heavy (non-hydrogen) atoms. The first kappa shape index (κ1) is 11.9. The lowest BCUT2D eigenvalue weighted by molar-refractivity contribution is 0.530. The van der Waals surface area contributed by atoms with Gasteiger partial charge in [-0.25, -0.2) is 0 Å². The molecular weight excluding hydrogens is 222 g/mol. The third-order valence-electron chi connectivity index (χ3n) is 3.24. The second-order valence-corrected chi connectivity index (χ2v) is 5.18. The van der Waals surface area contributed by atoms with Crippen LogP contribution in [0.15, 0.2) is 0 Å². The zero-order chi connectivity index (χ0) is 11.7. The standard InChI is InChI=1S/C12H20ClN3/c1-3-16-11(12(13)8(2)15-16)7-10(14)6-9-4-5-9/h9-10H,3-7,14H2,1-2H3. The number of rotatable bonds is 5. The van der Waals surface area contributed by atoms with Crippen molar-refractivity contribution in [2.75, 3.05) is 0 Å². The van der Waals surface area contributed by atoms with E-state index >= 15 is 0 Å². The van der Waals surface area contributed by atoms with Crippen molar-refractivity contribution >= 4 is 11.6 Å². The Kier molecular flexibility index (Phi) is 3.55. The zero-order valence-corrected chi connectivity index (χ0v) is 10.8. The van der Waals surface area contributed by atoms with Gasteiger partial charge in [-0.1, -0.05) is 24.4 Å². The fourth-order valence-corrected chi connectivity index (χ4v) is 2.39. The first-order valence-electron chi connectivity index (χ1n) is 6.09. The number of nitrogens with zero attached hydrogens (tertiary/aromatic N) is 2. The van der Waals surface area contributed by atoms with E-state index in [0.717, 1.165) is 41.7 Å². The van der Waals surface area contributed by atoms with Crippen molar-refractivity contribution in [3.63, 3.8) is 0 Å². The minimum Gasteiger partial charge on any atom is -0.327 e. The van der Waals surface area contributed by atoms with E-state index in [1.807, 2.05) is 11.6 Å². The fraction of sp³-hybridized carbons (Fsp3) is 0.750. The Bertz CT molecular complexity index is 369. The van der Waals surface area contributed by atoms with Crippen LogP contribution in [0.25, 0.3) is 0 Å². The van der Waals surface area contributed by atoms with Gasteiger partial charge in [-0.2, -0.15) is 5.10 Å². The first-order valence-corrected chi connectivity index (χ1v) is 6.47. The van der Waals surface area contributed by atoms with Gasteiger partial charge in [-0.3, -0.25) is 4.68 Å². The molecule has 0 saturated heterocycles. The molecule has 1 aliphatic carbocycles. The van der Waals surface area contributed by atoms with Crippen LogP contribution >= 0.6 is 11.6 Å². The van der Waals surface area contributed by atoms with Crippen LogP contribution < -0.4 is 5.73 Å². The van der Waals surface area contributed by atoms with Crippen molar-refractivity contribution < 1.29 is 0 Å². The molecule has 1 aliphatic rings. The summed E-state index contributed by atoms with van der Waals surface area (Å²) in [4.78, 5) is 0. The molecule has 2 N–H and O–H groups in total. The van der Waals surface area contributed by atoms with Gasteiger partial charge < -0.3 is 5.73 Å². The van der Waals surface area contributed by atoms with Crippen molar-refractivity contribution in [1.29, 1.82) is 0 Å². The van der Waals surface area contributed by atoms with Crippen LogP contribution in [0.4, 0.5) is 0 Å². The molecule has 0 bridgehead atoms. The highest BCUT2D eigenvalue weighted by Gasteiger charge is 2.25. The molecule has 1 heterocycles. The summed E-state index contributed by atoms with van der Waals surface area (Å²) in [5, 5.41) is 5.20. The summed E-state index contributed by atoms with van der Waals surface area (Å²) in [6, 6.07) is 0.228. The summed E-state index contributed by atoms with van der Waals surface area (Å²) in [6.45, 7) is 4.89. The molecule has 0 amide bonds. The van der Waals surface area contributed by atoms with Gasteiger partial charge in [0.05, 0.1) is 16.4 Å². The maximum absolute atomic E-state index is 6.25. The molecule has 1 saturated carbocycles. The van der Waals surface area contributed by atoms with Crippen LogP contribution in [0.3, 0.4) is 0 Å². The molecule has 3 nitrogen and oxygen atoms in total. The molecule has 1 aromatic heterocycles. The van der Waals surface area contributed by atoms with E-state index in [0.29, 0.717) is 0 Å². The van der Waals surface area contributed by atoms with Crippen LogP contribution in [0.1, 0.15) is 37.6 Å². The van der Waals surface area contributed by atoms with E-state index < -0.39 is 0 Å². The molecule has 1 fully saturated rings. The van der Waals surface area contributed by atoms with Crippen LogP contribution in [0.5, 0.6) is 0 Å². The number of aryl methyl sites for hydroxylation is 2. The van der Waals surface area contributed by atoms with Crippen LogP contribution in [0, 0.1) is 12.8 Å². The fourth-order valence-electron chi connectivity index (χ4n) is 2.18. The molecule has 0 aromatic carbocycles. The summed E-state index contributed by atoms with van der Waals surface area (Å²) < 4.78 is 1.98. The summed E-state index contributed by atoms with van der Waals surface area (Å²) in [5.41, 5.74) is 8.17.